The normalized spacial score (nSPS) is 28.6. The van der Waals surface area contributed by atoms with E-state index in [1.54, 1.807) is 0 Å². The highest BCUT2D eigenvalue weighted by Crippen LogP contribution is 2.42. The molecule has 1 aliphatic carbocycles. The molecule has 3 heteroatoms. The molecule has 88 valence electrons. The third-order valence-corrected chi connectivity index (χ3v) is 3.76. The summed E-state index contributed by atoms with van der Waals surface area (Å²) in [5.74, 6) is 0.548. The second kappa shape index (κ2) is 4.06. The fourth-order valence-corrected chi connectivity index (χ4v) is 2.75. The van der Waals surface area contributed by atoms with Crippen LogP contribution in [0.2, 0.25) is 0 Å². The Bertz CT molecular complexity index is 355. The van der Waals surface area contributed by atoms with Crippen molar-refractivity contribution in [1.29, 1.82) is 0 Å². The van der Waals surface area contributed by atoms with E-state index in [4.69, 9.17) is 5.73 Å². The number of benzene rings is 1. The number of hydrogen-bond acceptors (Lipinski definition) is 2. The predicted octanol–water partition coefficient (Wildman–Crippen LogP) is 2.39. The van der Waals surface area contributed by atoms with Gasteiger partial charge in [-0.1, -0.05) is 6.92 Å². The Hall–Kier alpha value is -1.09. The lowest BCUT2D eigenvalue weighted by molar-refractivity contribution is 0.163. The van der Waals surface area contributed by atoms with E-state index in [9.17, 15) is 4.39 Å². The van der Waals surface area contributed by atoms with Crippen LogP contribution >= 0.6 is 0 Å². The Labute approximate surface area is 96.2 Å². The van der Waals surface area contributed by atoms with E-state index in [-0.39, 0.29) is 11.4 Å². The van der Waals surface area contributed by atoms with E-state index in [1.807, 2.05) is 19.2 Å². The van der Waals surface area contributed by atoms with E-state index < -0.39 is 0 Å². The van der Waals surface area contributed by atoms with E-state index in [0.717, 1.165) is 24.4 Å². The van der Waals surface area contributed by atoms with Crippen LogP contribution in [0.1, 0.15) is 19.8 Å². The topological polar surface area (TPSA) is 29.3 Å². The third-order valence-electron chi connectivity index (χ3n) is 3.76. The van der Waals surface area contributed by atoms with Crippen molar-refractivity contribution in [1.82, 2.24) is 0 Å². The van der Waals surface area contributed by atoms with Crippen LogP contribution in [-0.4, -0.2) is 19.1 Å². The Morgan fingerprint density at radius 3 is 2.38 bits per heavy atom. The molecule has 0 aliphatic heterocycles. The Balaban J connectivity index is 2.18. The van der Waals surface area contributed by atoms with Gasteiger partial charge in [-0.2, -0.15) is 0 Å². The average molecular weight is 222 g/mol. The summed E-state index contributed by atoms with van der Waals surface area (Å²) in [5, 5.41) is 0. The number of hydrogen-bond donors (Lipinski definition) is 1. The van der Waals surface area contributed by atoms with Crippen LogP contribution in [0.5, 0.6) is 0 Å². The van der Waals surface area contributed by atoms with Gasteiger partial charge >= 0.3 is 0 Å². The zero-order valence-electron chi connectivity index (χ0n) is 9.91. The first kappa shape index (κ1) is 11.4. The van der Waals surface area contributed by atoms with E-state index in [1.165, 1.54) is 12.1 Å². The molecule has 2 rings (SSSR count). The van der Waals surface area contributed by atoms with Crippen LogP contribution in [-0.2, 0) is 0 Å². The fraction of sp³-hybridized carbons (Fsp3) is 0.538. The van der Waals surface area contributed by atoms with Crippen LogP contribution in [0.4, 0.5) is 10.1 Å². The second-order valence-corrected chi connectivity index (χ2v) is 4.98. The maximum Gasteiger partial charge on any atom is 0.123 e. The van der Waals surface area contributed by atoms with Gasteiger partial charge in [0.15, 0.2) is 0 Å². The number of anilines is 1. The molecule has 0 atom stereocenters. The SMILES string of the molecule is CC1CC(CN)(N(C)c2ccc(F)cc2)C1. The molecule has 16 heavy (non-hydrogen) atoms. The summed E-state index contributed by atoms with van der Waals surface area (Å²) < 4.78 is 12.8. The van der Waals surface area contributed by atoms with Crippen molar-refractivity contribution in [3.05, 3.63) is 30.1 Å². The number of nitrogens with two attached hydrogens (primary N) is 1. The number of rotatable bonds is 3. The minimum Gasteiger partial charge on any atom is -0.368 e. The van der Waals surface area contributed by atoms with Crippen molar-refractivity contribution in [2.75, 3.05) is 18.5 Å². The summed E-state index contributed by atoms with van der Waals surface area (Å²) in [6.07, 6.45) is 2.24. The Morgan fingerprint density at radius 1 is 1.38 bits per heavy atom. The van der Waals surface area contributed by atoms with Crippen molar-refractivity contribution < 1.29 is 4.39 Å². The first-order chi connectivity index (χ1) is 7.57. The molecule has 0 unspecified atom stereocenters. The highest BCUT2D eigenvalue weighted by molar-refractivity contribution is 5.49. The minimum atomic E-state index is -0.194. The van der Waals surface area contributed by atoms with Crippen LogP contribution < -0.4 is 10.6 Å². The highest BCUT2D eigenvalue weighted by Gasteiger charge is 2.44. The first-order valence-corrected chi connectivity index (χ1v) is 5.77. The second-order valence-electron chi connectivity index (χ2n) is 4.98. The molecule has 1 aliphatic rings. The van der Waals surface area contributed by atoms with Gasteiger partial charge in [-0.25, -0.2) is 4.39 Å². The fourth-order valence-electron chi connectivity index (χ4n) is 2.75. The van der Waals surface area contributed by atoms with Gasteiger partial charge in [-0.05, 0) is 43.0 Å². The van der Waals surface area contributed by atoms with Gasteiger partial charge in [-0.3, -0.25) is 0 Å². The molecule has 2 nitrogen and oxygen atoms in total. The van der Waals surface area contributed by atoms with Gasteiger partial charge in [-0.15, -0.1) is 0 Å². The van der Waals surface area contributed by atoms with E-state index >= 15 is 0 Å². The zero-order chi connectivity index (χ0) is 11.8. The molecule has 1 saturated carbocycles. The molecular formula is C13H19FN2. The van der Waals surface area contributed by atoms with Gasteiger partial charge in [0, 0.05) is 19.3 Å². The lowest BCUT2D eigenvalue weighted by atomic mass is 9.68. The third kappa shape index (κ3) is 1.80. The molecular weight excluding hydrogens is 203 g/mol. The number of halogens is 1. The van der Waals surface area contributed by atoms with Crippen LogP contribution in [0.3, 0.4) is 0 Å². The monoisotopic (exact) mass is 222 g/mol. The lowest BCUT2D eigenvalue weighted by Gasteiger charge is -2.52. The summed E-state index contributed by atoms with van der Waals surface area (Å²) in [5.41, 5.74) is 7.00. The molecule has 1 aromatic carbocycles. The van der Waals surface area contributed by atoms with Gasteiger partial charge in [0.05, 0.1) is 5.54 Å². The van der Waals surface area contributed by atoms with Gasteiger partial charge < -0.3 is 10.6 Å². The smallest absolute Gasteiger partial charge is 0.123 e. The lowest BCUT2D eigenvalue weighted by Crippen LogP contribution is -2.60. The summed E-state index contributed by atoms with van der Waals surface area (Å²) in [4.78, 5) is 2.20. The quantitative estimate of drug-likeness (QED) is 0.851. The van der Waals surface area contributed by atoms with E-state index in [2.05, 4.69) is 11.8 Å². The van der Waals surface area contributed by atoms with Crippen molar-refractivity contribution in [2.45, 2.75) is 25.3 Å². The molecule has 1 aromatic rings. The van der Waals surface area contributed by atoms with Crippen LogP contribution in [0.25, 0.3) is 0 Å². The molecule has 0 amide bonds. The molecule has 0 bridgehead atoms. The van der Waals surface area contributed by atoms with Crippen LogP contribution in [0.15, 0.2) is 24.3 Å². The first-order valence-electron chi connectivity index (χ1n) is 5.77. The average Bonchev–Trinajstić information content (AvgIpc) is 2.24. The summed E-state index contributed by atoms with van der Waals surface area (Å²) in [6, 6.07) is 6.63. The minimum absolute atomic E-state index is 0.0806. The molecule has 0 aromatic heterocycles. The summed E-state index contributed by atoms with van der Waals surface area (Å²) in [7, 11) is 2.05. The molecule has 0 radical (unpaired) electrons. The van der Waals surface area contributed by atoms with Crippen LogP contribution in [0, 0.1) is 11.7 Å². The number of nitrogens with zero attached hydrogens (tertiary/aromatic N) is 1. The summed E-state index contributed by atoms with van der Waals surface area (Å²) >= 11 is 0. The summed E-state index contributed by atoms with van der Waals surface area (Å²) in [6.45, 7) is 2.90. The van der Waals surface area contributed by atoms with Gasteiger partial charge in [0.1, 0.15) is 5.82 Å². The molecule has 0 saturated heterocycles. The van der Waals surface area contributed by atoms with Gasteiger partial charge in [0.2, 0.25) is 0 Å². The highest BCUT2D eigenvalue weighted by atomic mass is 19.1. The van der Waals surface area contributed by atoms with Crippen molar-refractivity contribution in [3.8, 4) is 0 Å². The molecule has 0 spiro atoms. The largest absolute Gasteiger partial charge is 0.368 e. The van der Waals surface area contributed by atoms with E-state index in [0.29, 0.717) is 6.54 Å². The predicted molar refractivity (Wildman–Crippen MR) is 65.0 cm³/mol. The number of likely N-dealkylation sites (N-methyl/N-ethyl adjacent to an activating group) is 1. The Kier molecular flexibility index (Phi) is 2.89. The van der Waals surface area contributed by atoms with Crippen molar-refractivity contribution >= 4 is 5.69 Å². The molecule has 1 fully saturated rings. The van der Waals surface area contributed by atoms with Crippen molar-refractivity contribution in [2.24, 2.45) is 11.7 Å². The maximum atomic E-state index is 12.8. The maximum absolute atomic E-state index is 12.8. The zero-order valence-corrected chi connectivity index (χ0v) is 9.91. The van der Waals surface area contributed by atoms with Crippen molar-refractivity contribution in [3.63, 3.8) is 0 Å². The molecule has 2 N–H and O–H groups in total. The molecule has 0 heterocycles. The van der Waals surface area contributed by atoms with Gasteiger partial charge in [0.25, 0.3) is 0 Å². The Morgan fingerprint density at radius 2 is 1.94 bits per heavy atom. The standard InChI is InChI=1S/C13H19FN2/c1-10-7-13(8-10,9-15)16(2)12-5-3-11(14)4-6-12/h3-6,10H,7-9,15H2,1-2H3.